The van der Waals surface area contributed by atoms with E-state index in [4.69, 9.17) is 5.11 Å². The molecule has 0 aliphatic heterocycles. The number of benzene rings is 2. The second-order valence-corrected chi connectivity index (χ2v) is 5.16. The molecule has 19 heavy (non-hydrogen) atoms. The number of carboxylic acid groups (broad SMARTS) is 1. The van der Waals surface area contributed by atoms with Gasteiger partial charge in [-0.2, -0.15) is 0 Å². The maximum atomic E-state index is 11.9. The van der Waals surface area contributed by atoms with E-state index < -0.39 is 12.0 Å². The van der Waals surface area contributed by atoms with Crippen molar-refractivity contribution in [2.75, 3.05) is 0 Å². The van der Waals surface area contributed by atoms with E-state index in [-0.39, 0.29) is 5.91 Å². The highest BCUT2D eigenvalue weighted by atomic mass is 79.9. The Labute approximate surface area is 118 Å². The van der Waals surface area contributed by atoms with E-state index in [1.165, 1.54) is 6.92 Å². The Bertz CT molecular complexity index is 654. The molecule has 0 radical (unpaired) electrons. The number of rotatable bonds is 3. The molecule has 0 aromatic heterocycles. The minimum absolute atomic E-state index is 0.389. The molecule has 0 heterocycles. The largest absolute Gasteiger partial charge is 0.480 e. The number of carbonyl (C=O) groups is 2. The number of aliphatic carboxylic acids is 1. The fraction of sp³-hybridized carbons (Fsp3) is 0.143. The van der Waals surface area contributed by atoms with Crippen molar-refractivity contribution in [3.63, 3.8) is 0 Å². The Morgan fingerprint density at radius 3 is 2.47 bits per heavy atom. The van der Waals surface area contributed by atoms with Crippen LogP contribution in [-0.2, 0) is 4.79 Å². The summed E-state index contributed by atoms with van der Waals surface area (Å²) in [5, 5.41) is 13.1. The van der Waals surface area contributed by atoms with Gasteiger partial charge in [-0.15, -0.1) is 0 Å². The topological polar surface area (TPSA) is 66.4 Å². The lowest BCUT2D eigenvalue weighted by Gasteiger charge is -2.09. The minimum Gasteiger partial charge on any atom is -0.480 e. The normalized spacial score (nSPS) is 12.1. The lowest BCUT2D eigenvalue weighted by molar-refractivity contribution is -0.138. The molecule has 0 spiro atoms. The maximum Gasteiger partial charge on any atom is 0.325 e. The minimum atomic E-state index is -1.06. The summed E-state index contributed by atoms with van der Waals surface area (Å²) in [5.41, 5.74) is 0.447. The summed E-state index contributed by atoms with van der Waals surface area (Å²) in [4.78, 5) is 22.6. The summed E-state index contributed by atoms with van der Waals surface area (Å²) in [6, 6.07) is 10.1. The van der Waals surface area contributed by atoms with E-state index in [1.807, 2.05) is 24.3 Å². The standard InChI is InChI=1S/C14H12BrNO3/c1-8(14(18)19)16-13(17)11-3-2-10-7-12(15)5-4-9(10)6-11/h2-8H,1H3,(H,16,17)(H,18,19)/t8-/m1/s1. The Morgan fingerprint density at radius 1 is 1.16 bits per heavy atom. The van der Waals surface area contributed by atoms with E-state index in [0.717, 1.165) is 15.2 Å². The molecule has 1 atom stereocenters. The van der Waals surface area contributed by atoms with Gasteiger partial charge in [0.25, 0.3) is 5.91 Å². The maximum absolute atomic E-state index is 11.9. The van der Waals surface area contributed by atoms with Gasteiger partial charge in [-0.05, 0) is 42.0 Å². The molecule has 0 aliphatic carbocycles. The Hall–Kier alpha value is -1.88. The molecule has 5 heteroatoms. The summed E-state index contributed by atoms with van der Waals surface area (Å²) < 4.78 is 0.969. The molecule has 0 saturated carbocycles. The highest BCUT2D eigenvalue weighted by molar-refractivity contribution is 9.10. The highest BCUT2D eigenvalue weighted by Gasteiger charge is 2.15. The van der Waals surface area contributed by atoms with Gasteiger partial charge >= 0.3 is 5.97 Å². The van der Waals surface area contributed by atoms with Gasteiger partial charge in [-0.1, -0.05) is 28.1 Å². The molecule has 0 fully saturated rings. The molecule has 2 aromatic rings. The molecule has 98 valence electrons. The number of amides is 1. The fourth-order valence-corrected chi connectivity index (χ4v) is 2.08. The number of hydrogen-bond donors (Lipinski definition) is 2. The van der Waals surface area contributed by atoms with Crippen molar-refractivity contribution >= 4 is 38.6 Å². The average molecular weight is 322 g/mol. The van der Waals surface area contributed by atoms with Crippen molar-refractivity contribution in [1.29, 1.82) is 0 Å². The molecule has 0 bridgehead atoms. The van der Waals surface area contributed by atoms with Gasteiger partial charge < -0.3 is 10.4 Å². The third-order valence-electron chi connectivity index (χ3n) is 2.78. The van der Waals surface area contributed by atoms with Crippen molar-refractivity contribution in [3.8, 4) is 0 Å². The van der Waals surface area contributed by atoms with Crippen LogP contribution in [0.15, 0.2) is 40.9 Å². The summed E-state index contributed by atoms with van der Waals surface area (Å²) in [5.74, 6) is -1.45. The van der Waals surface area contributed by atoms with E-state index in [2.05, 4.69) is 21.2 Å². The summed E-state index contributed by atoms with van der Waals surface area (Å²) >= 11 is 3.38. The lowest BCUT2D eigenvalue weighted by atomic mass is 10.1. The summed E-state index contributed by atoms with van der Waals surface area (Å²) in [6.07, 6.45) is 0. The smallest absolute Gasteiger partial charge is 0.325 e. The predicted octanol–water partition coefficient (Wildman–Crippen LogP) is 2.81. The third kappa shape index (κ3) is 3.12. The van der Waals surface area contributed by atoms with Crippen LogP contribution in [0.4, 0.5) is 0 Å². The van der Waals surface area contributed by atoms with Gasteiger partial charge in [0, 0.05) is 10.0 Å². The summed E-state index contributed by atoms with van der Waals surface area (Å²) in [7, 11) is 0. The van der Waals surface area contributed by atoms with Gasteiger partial charge in [0.15, 0.2) is 0 Å². The molecule has 0 saturated heterocycles. The van der Waals surface area contributed by atoms with Crippen LogP contribution in [0.25, 0.3) is 10.8 Å². The van der Waals surface area contributed by atoms with Gasteiger partial charge in [-0.3, -0.25) is 9.59 Å². The van der Waals surface area contributed by atoms with Crippen molar-refractivity contribution in [2.45, 2.75) is 13.0 Å². The van der Waals surface area contributed by atoms with Gasteiger partial charge in [0.05, 0.1) is 0 Å². The van der Waals surface area contributed by atoms with Crippen LogP contribution in [-0.4, -0.2) is 23.0 Å². The van der Waals surface area contributed by atoms with Gasteiger partial charge in [0.2, 0.25) is 0 Å². The lowest BCUT2D eigenvalue weighted by Crippen LogP contribution is -2.38. The monoisotopic (exact) mass is 321 g/mol. The van der Waals surface area contributed by atoms with Crippen molar-refractivity contribution in [2.24, 2.45) is 0 Å². The Morgan fingerprint density at radius 2 is 1.79 bits per heavy atom. The first-order valence-electron chi connectivity index (χ1n) is 5.70. The molecule has 4 nitrogen and oxygen atoms in total. The fourth-order valence-electron chi connectivity index (χ4n) is 1.70. The molecule has 2 rings (SSSR count). The predicted molar refractivity (Wildman–Crippen MR) is 76.2 cm³/mol. The number of halogens is 1. The number of nitrogens with one attached hydrogen (secondary N) is 1. The van der Waals surface area contributed by atoms with Gasteiger partial charge in [-0.25, -0.2) is 0 Å². The zero-order valence-electron chi connectivity index (χ0n) is 10.2. The quantitative estimate of drug-likeness (QED) is 0.913. The van der Waals surface area contributed by atoms with Crippen LogP contribution in [0.2, 0.25) is 0 Å². The van der Waals surface area contributed by atoms with Crippen LogP contribution in [0.1, 0.15) is 17.3 Å². The zero-order chi connectivity index (χ0) is 14.0. The SMILES string of the molecule is C[C@@H](NC(=O)c1ccc2cc(Br)ccc2c1)C(=O)O. The number of carbonyl (C=O) groups excluding carboxylic acids is 1. The Kier molecular flexibility index (Phi) is 3.85. The van der Waals surface area contributed by atoms with E-state index in [9.17, 15) is 9.59 Å². The summed E-state index contributed by atoms with van der Waals surface area (Å²) in [6.45, 7) is 1.43. The molecule has 1 amide bonds. The van der Waals surface area contributed by atoms with Crippen LogP contribution >= 0.6 is 15.9 Å². The molecular weight excluding hydrogens is 310 g/mol. The van der Waals surface area contributed by atoms with Crippen molar-refractivity contribution in [3.05, 3.63) is 46.4 Å². The molecule has 2 N–H and O–H groups in total. The average Bonchev–Trinajstić information content (AvgIpc) is 2.37. The zero-order valence-corrected chi connectivity index (χ0v) is 11.8. The molecular formula is C14H12BrNO3. The van der Waals surface area contributed by atoms with Crippen molar-refractivity contribution < 1.29 is 14.7 Å². The first kappa shape index (κ1) is 13.5. The third-order valence-corrected chi connectivity index (χ3v) is 3.28. The van der Waals surface area contributed by atoms with E-state index >= 15 is 0 Å². The number of fused-ring (bicyclic) bond motifs is 1. The molecule has 0 unspecified atom stereocenters. The number of hydrogen-bond acceptors (Lipinski definition) is 2. The van der Waals surface area contributed by atoms with Crippen LogP contribution in [0, 0.1) is 0 Å². The second kappa shape index (κ2) is 5.40. The van der Waals surface area contributed by atoms with E-state index in [1.54, 1.807) is 12.1 Å². The van der Waals surface area contributed by atoms with Crippen LogP contribution in [0.5, 0.6) is 0 Å². The van der Waals surface area contributed by atoms with Crippen LogP contribution in [0.3, 0.4) is 0 Å². The first-order valence-corrected chi connectivity index (χ1v) is 6.49. The van der Waals surface area contributed by atoms with Crippen molar-refractivity contribution in [1.82, 2.24) is 5.32 Å². The molecule has 2 aromatic carbocycles. The Balaban J connectivity index is 2.28. The second-order valence-electron chi connectivity index (χ2n) is 4.24. The molecule has 0 aliphatic rings. The van der Waals surface area contributed by atoms with Crippen LogP contribution < -0.4 is 5.32 Å². The highest BCUT2D eigenvalue weighted by Crippen LogP contribution is 2.21. The van der Waals surface area contributed by atoms with E-state index in [0.29, 0.717) is 5.56 Å². The van der Waals surface area contributed by atoms with Gasteiger partial charge in [0.1, 0.15) is 6.04 Å². The first-order chi connectivity index (χ1) is 8.97. The number of carboxylic acids is 1.